The first-order valence-corrected chi connectivity index (χ1v) is 6.97. The highest BCUT2D eigenvalue weighted by atomic mass is 32.1. The van der Waals surface area contributed by atoms with Crippen molar-refractivity contribution in [2.45, 2.75) is 19.4 Å². The van der Waals surface area contributed by atoms with Crippen molar-refractivity contribution in [1.82, 2.24) is 24.9 Å². The Labute approximate surface area is 119 Å². The molecule has 0 aromatic carbocycles. The van der Waals surface area contributed by atoms with Crippen molar-refractivity contribution in [3.8, 4) is 0 Å². The minimum absolute atomic E-state index is 0.389. The van der Waals surface area contributed by atoms with Crippen molar-refractivity contribution < 1.29 is 4.52 Å². The first-order chi connectivity index (χ1) is 9.61. The Bertz CT molecular complexity index is 715. The van der Waals surface area contributed by atoms with Crippen molar-refractivity contribution >= 4 is 11.3 Å². The van der Waals surface area contributed by atoms with Gasteiger partial charge in [0.1, 0.15) is 6.04 Å². The quantitative estimate of drug-likeness (QED) is 0.776. The standard InChI is InChI=1S/C12H14N6OS/c1-7-15-9(6-20-7)3-10-16-12(19-17-10)11(13)8-4-14-18(2)5-8/h4-6,11H,3,13H2,1-2H3. The highest BCUT2D eigenvalue weighted by Crippen LogP contribution is 2.18. The van der Waals surface area contributed by atoms with Gasteiger partial charge in [0.25, 0.3) is 0 Å². The molecule has 0 spiro atoms. The zero-order chi connectivity index (χ0) is 14.1. The number of aromatic nitrogens is 5. The molecule has 0 aliphatic rings. The molecule has 3 aromatic heterocycles. The normalized spacial score (nSPS) is 12.8. The number of nitrogens with two attached hydrogens (primary N) is 1. The van der Waals surface area contributed by atoms with Gasteiger partial charge in [0.05, 0.1) is 23.3 Å². The van der Waals surface area contributed by atoms with Crippen molar-refractivity contribution in [3.63, 3.8) is 0 Å². The number of hydrogen-bond donors (Lipinski definition) is 1. The average Bonchev–Trinajstić information content (AvgIpc) is 3.11. The summed E-state index contributed by atoms with van der Waals surface area (Å²) in [5.41, 5.74) is 7.86. The molecule has 1 atom stereocenters. The van der Waals surface area contributed by atoms with E-state index in [9.17, 15) is 0 Å². The first kappa shape index (κ1) is 12.9. The second-order valence-electron chi connectivity index (χ2n) is 4.51. The van der Waals surface area contributed by atoms with Gasteiger partial charge in [-0.05, 0) is 6.92 Å². The Balaban J connectivity index is 1.76. The molecule has 0 radical (unpaired) electrons. The van der Waals surface area contributed by atoms with E-state index in [1.54, 1.807) is 22.2 Å². The Hall–Kier alpha value is -2.06. The van der Waals surface area contributed by atoms with Crippen molar-refractivity contribution in [2.24, 2.45) is 12.8 Å². The van der Waals surface area contributed by atoms with Crippen LogP contribution in [0.25, 0.3) is 0 Å². The molecule has 0 aliphatic carbocycles. The molecular formula is C12H14N6OS. The minimum atomic E-state index is -0.456. The molecule has 3 heterocycles. The maximum Gasteiger partial charge on any atom is 0.248 e. The highest BCUT2D eigenvalue weighted by molar-refractivity contribution is 7.09. The maximum absolute atomic E-state index is 6.08. The van der Waals surface area contributed by atoms with Crippen LogP contribution in [0.4, 0.5) is 0 Å². The predicted octanol–water partition coefficient (Wildman–Crippen LogP) is 1.21. The molecule has 0 amide bonds. The average molecular weight is 290 g/mol. The van der Waals surface area contributed by atoms with Gasteiger partial charge in [-0.1, -0.05) is 5.16 Å². The number of rotatable bonds is 4. The molecule has 104 valence electrons. The van der Waals surface area contributed by atoms with Gasteiger partial charge in [-0.15, -0.1) is 11.3 Å². The van der Waals surface area contributed by atoms with E-state index in [0.29, 0.717) is 18.1 Å². The van der Waals surface area contributed by atoms with Crippen molar-refractivity contribution in [1.29, 1.82) is 0 Å². The van der Waals surface area contributed by atoms with E-state index >= 15 is 0 Å². The summed E-state index contributed by atoms with van der Waals surface area (Å²) in [5.74, 6) is 0.976. The van der Waals surface area contributed by atoms with Crippen molar-refractivity contribution in [2.75, 3.05) is 0 Å². The lowest BCUT2D eigenvalue weighted by Crippen LogP contribution is -2.11. The lowest BCUT2D eigenvalue weighted by molar-refractivity contribution is 0.363. The second kappa shape index (κ2) is 5.14. The largest absolute Gasteiger partial charge is 0.337 e. The van der Waals surface area contributed by atoms with Gasteiger partial charge >= 0.3 is 0 Å². The van der Waals surface area contributed by atoms with E-state index < -0.39 is 6.04 Å². The summed E-state index contributed by atoms with van der Waals surface area (Å²) in [4.78, 5) is 8.70. The fraction of sp³-hybridized carbons (Fsp3) is 0.333. The summed E-state index contributed by atoms with van der Waals surface area (Å²) >= 11 is 1.60. The third kappa shape index (κ3) is 2.61. The Kier molecular flexibility index (Phi) is 3.33. The molecule has 0 saturated heterocycles. The molecule has 20 heavy (non-hydrogen) atoms. The van der Waals surface area contributed by atoms with E-state index in [1.165, 1.54) is 0 Å². The van der Waals surface area contributed by atoms with Crippen LogP contribution in [-0.4, -0.2) is 24.9 Å². The third-order valence-electron chi connectivity index (χ3n) is 2.84. The SMILES string of the molecule is Cc1nc(Cc2noc(C(N)c3cnn(C)c3)n2)cs1. The monoisotopic (exact) mass is 290 g/mol. The summed E-state index contributed by atoms with van der Waals surface area (Å²) in [7, 11) is 1.83. The molecule has 7 nitrogen and oxygen atoms in total. The molecule has 0 bridgehead atoms. The van der Waals surface area contributed by atoms with Gasteiger partial charge in [0.15, 0.2) is 5.82 Å². The number of thiazole rings is 1. The smallest absolute Gasteiger partial charge is 0.248 e. The molecule has 3 rings (SSSR count). The second-order valence-corrected chi connectivity index (χ2v) is 5.57. The fourth-order valence-electron chi connectivity index (χ4n) is 1.86. The van der Waals surface area contributed by atoms with Crippen LogP contribution in [0.15, 0.2) is 22.3 Å². The van der Waals surface area contributed by atoms with E-state index in [2.05, 4.69) is 20.2 Å². The molecular weight excluding hydrogens is 276 g/mol. The molecule has 8 heteroatoms. The van der Waals surface area contributed by atoms with Gasteiger partial charge in [0.2, 0.25) is 5.89 Å². The molecule has 2 N–H and O–H groups in total. The van der Waals surface area contributed by atoms with E-state index in [-0.39, 0.29) is 0 Å². The number of aryl methyl sites for hydroxylation is 2. The lowest BCUT2D eigenvalue weighted by Gasteiger charge is -2.01. The Morgan fingerprint density at radius 2 is 2.30 bits per heavy atom. The lowest BCUT2D eigenvalue weighted by atomic mass is 10.2. The fourth-order valence-corrected chi connectivity index (χ4v) is 2.47. The molecule has 3 aromatic rings. The van der Waals surface area contributed by atoms with E-state index in [4.69, 9.17) is 10.3 Å². The predicted molar refractivity (Wildman–Crippen MR) is 73.2 cm³/mol. The summed E-state index contributed by atoms with van der Waals surface area (Å²) in [5, 5.41) is 11.0. The summed E-state index contributed by atoms with van der Waals surface area (Å²) in [6, 6.07) is -0.456. The van der Waals surface area contributed by atoms with Gasteiger partial charge in [0, 0.05) is 24.2 Å². The molecule has 0 aliphatic heterocycles. The van der Waals surface area contributed by atoms with Crippen LogP contribution < -0.4 is 5.73 Å². The topological polar surface area (TPSA) is 95.6 Å². The van der Waals surface area contributed by atoms with E-state index in [0.717, 1.165) is 16.3 Å². The number of nitrogens with zero attached hydrogens (tertiary/aromatic N) is 5. The van der Waals surface area contributed by atoms with Crippen LogP contribution in [0.2, 0.25) is 0 Å². The van der Waals surface area contributed by atoms with Crippen LogP contribution in [0.1, 0.15) is 34.0 Å². The van der Waals surface area contributed by atoms with Crippen LogP contribution in [-0.2, 0) is 13.5 Å². The third-order valence-corrected chi connectivity index (χ3v) is 3.66. The summed E-state index contributed by atoms with van der Waals surface area (Å²) < 4.78 is 6.91. The van der Waals surface area contributed by atoms with Gasteiger partial charge < -0.3 is 10.3 Å². The van der Waals surface area contributed by atoms with E-state index in [1.807, 2.05) is 25.5 Å². The highest BCUT2D eigenvalue weighted by Gasteiger charge is 2.18. The van der Waals surface area contributed by atoms with Gasteiger partial charge in [-0.3, -0.25) is 4.68 Å². The minimum Gasteiger partial charge on any atom is -0.337 e. The van der Waals surface area contributed by atoms with Crippen LogP contribution in [0.3, 0.4) is 0 Å². The van der Waals surface area contributed by atoms with Gasteiger partial charge in [-0.25, -0.2) is 4.98 Å². The van der Waals surface area contributed by atoms with Crippen LogP contribution in [0.5, 0.6) is 0 Å². The summed E-state index contributed by atoms with van der Waals surface area (Å²) in [6.45, 7) is 1.97. The molecule has 1 unspecified atom stereocenters. The summed E-state index contributed by atoms with van der Waals surface area (Å²) in [6.07, 6.45) is 4.07. The van der Waals surface area contributed by atoms with Crippen molar-refractivity contribution in [3.05, 3.63) is 45.8 Å². The zero-order valence-corrected chi connectivity index (χ0v) is 12.0. The molecule has 0 saturated carbocycles. The first-order valence-electron chi connectivity index (χ1n) is 6.09. The zero-order valence-electron chi connectivity index (χ0n) is 11.1. The van der Waals surface area contributed by atoms with Gasteiger partial charge in [-0.2, -0.15) is 10.1 Å². The van der Waals surface area contributed by atoms with Crippen LogP contribution >= 0.6 is 11.3 Å². The molecule has 0 fully saturated rings. The Morgan fingerprint density at radius 3 is 2.95 bits per heavy atom. The van der Waals surface area contributed by atoms with Crippen LogP contribution in [0, 0.1) is 6.92 Å². The number of hydrogen-bond acceptors (Lipinski definition) is 7. The maximum atomic E-state index is 6.08. The Morgan fingerprint density at radius 1 is 1.45 bits per heavy atom.